The number of alkyl halides is 2. The smallest absolute Gasteiger partial charge is 0.341 e. The number of ether oxygens (including phenoxy) is 1. The zero-order chi connectivity index (χ0) is 19.6. The summed E-state index contributed by atoms with van der Waals surface area (Å²) >= 11 is 0. The van der Waals surface area contributed by atoms with Crippen LogP contribution in [0.4, 0.5) is 8.78 Å². The second-order valence-corrected chi connectivity index (χ2v) is 7.63. The molecule has 140 valence electrons. The third-order valence-electron chi connectivity index (χ3n) is 3.95. The first-order valence-electron chi connectivity index (χ1n) is 7.76. The van der Waals surface area contributed by atoms with E-state index in [1.54, 1.807) is 0 Å². The number of benzene rings is 1. The first kappa shape index (κ1) is 18.7. The van der Waals surface area contributed by atoms with Crippen LogP contribution in [0.2, 0.25) is 0 Å². The molecule has 0 bridgehead atoms. The van der Waals surface area contributed by atoms with E-state index in [4.69, 9.17) is 10.00 Å². The average Bonchev–Trinajstić information content (AvgIpc) is 2.63. The van der Waals surface area contributed by atoms with Crippen molar-refractivity contribution in [2.45, 2.75) is 16.8 Å². The van der Waals surface area contributed by atoms with Crippen LogP contribution in [-0.4, -0.2) is 49.2 Å². The van der Waals surface area contributed by atoms with Crippen molar-refractivity contribution in [3.63, 3.8) is 0 Å². The Morgan fingerprint density at radius 3 is 2.67 bits per heavy atom. The molecule has 1 aromatic heterocycles. The van der Waals surface area contributed by atoms with Crippen molar-refractivity contribution in [1.82, 2.24) is 9.88 Å². The van der Waals surface area contributed by atoms with Crippen molar-refractivity contribution >= 4 is 15.7 Å². The minimum Gasteiger partial charge on any atom is -0.471 e. The number of nitriles is 1. The molecular weight excluding hydrogens is 380 g/mol. The van der Waals surface area contributed by atoms with Gasteiger partial charge in [0.2, 0.25) is 15.7 Å². The number of sulfone groups is 1. The highest BCUT2D eigenvalue weighted by Crippen LogP contribution is 2.26. The summed E-state index contributed by atoms with van der Waals surface area (Å²) in [5, 5.41) is 8.85. The van der Waals surface area contributed by atoms with Gasteiger partial charge in [-0.15, -0.1) is 0 Å². The van der Waals surface area contributed by atoms with Crippen LogP contribution in [-0.2, 0) is 9.84 Å². The van der Waals surface area contributed by atoms with Crippen LogP contribution in [0.25, 0.3) is 0 Å². The maximum absolute atomic E-state index is 12.8. The Morgan fingerprint density at radius 1 is 1.30 bits per heavy atom. The van der Waals surface area contributed by atoms with Gasteiger partial charge in [-0.3, -0.25) is 4.79 Å². The summed E-state index contributed by atoms with van der Waals surface area (Å²) in [6, 6.07) is 9.79. The number of carbonyl (C=O) groups is 1. The fraction of sp³-hybridized carbons (Fsp3) is 0.235. The molecule has 0 unspecified atom stereocenters. The number of hydrogen-bond acceptors (Lipinski definition) is 6. The predicted molar refractivity (Wildman–Crippen MR) is 88.9 cm³/mol. The van der Waals surface area contributed by atoms with Crippen LogP contribution in [0.5, 0.6) is 5.88 Å². The van der Waals surface area contributed by atoms with Crippen molar-refractivity contribution < 1.29 is 26.7 Å². The van der Waals surface area contributed by atoms with Gasteiger partial charge in [-0.05, 0) is 18.2 Å². The van der Waals surface area contributed by atoms with E-state index >= 15 is 0 Å². The molecule has 1 aliphatic heterocycles. The molecule has 1 aliphatic rings. The summed E-state index contributed by atoms with van der Waals surface area (Å²) in [5.41, 5.74) is 0.0687. The van der Waals surface area contributed by atoms with Crippen molar-refractivity contribution in [2.24, 2.45) is 0 Å². The minimum atomic E-state index is -4.89. The zero-order valence-corrected chi connectivity index (χ0v) is 14.6. The van der Waals surface area contributed by atoms with E-state index in [1.165, 1.54) is 41.4 Å². The topological polar surface area (TPSA) is 100 Å². The summed E-state index contributed by atoms with van der Waals surface area (Å²) in [4.78, 5) is 17.1. The molecule has 2 aromatic rings. The molecule has 0 saturated carbocycles. The number of amides is 1. The molecule has 0 N–H and O–H groups in total. The molecule has 0 atom stereocenters. The Kier molecular flexibility index (Phi) is 5.05. The first-order valence-corrected chi connectivity index (χ1v) is 9.30. The minimum absolute atomic E-state index is 0.139. The molecule has 2 heterocycles. The lowest BCUT2D eigenvalue weighted by Crippen LogP contribution is -2.56. The van der Waals surface area contributed by atoms with E-state index in [0.717, 1.165) is 6.07 Å². The largest absolute Gasteiger partial charge is 0.471 e. The highest BCUT2D eigenvalue weighted by Gasteiger charge is 2.37. The SMILES string of the molecule is N#Cc1ccnc(OC2CN(C(=O)c3ccccc3S(=O)(=O)C(F)F)C2)c1. The predicted octanol–water partition coefficient (Wildman–Crippen LogP) is 1.85. The summed E-state index contributed by atoms with van der Waals surface area (Å²) in [6.45, 7) is 0.278. The van der Waals surface area contributed by atoms with Crippen LogP contribution >= 0.6 is 0 Å². The standard InChI is InChI=1S/C17H13F2N3O4S/c18-17(19)27(24,25)14-4-2-1-3-13(14)16(23)22-9-12(10-22)26-15-7-11(8-20)5-6-21-15/h1-7,12,17H,9-10H2. The first-order chi connectivity index (χ1) is 12.8. The molecule has 1 saturated heterocycles. The molecule has 0 radical (unpaired) electrons. The van der Waals surface area contributed by atoms with Gasteiger partial charge in [-0.1, -0.05) is 12.1 Å². The van der Waals surface area contributed by atoms with E-state index in [-0.39, 0.29) is 24.5 Å². The molecule has 0 aliphatic carbocycles. The fourth-order valence-electron chi connectivity index (χ4n) is 2.55. The average molecular weight is 393 g/mol. The summed E-state index contributed by atoms with van der Waals surface area (Å²) in [5.74, 6) is -4.06. The number of aromatic nitrogens is 1. The molecule has 10 heteroatoms. The molecule has 1 aromatic carbocycles. The second-order valence-electron chi connectivity index (χ2n) is 5.75. The molecule has 1 amide bonds. The summed E-state index contributed by atoms with van der Waals surface area (Å²) in [7, 11) is -4.89. The van der Waals surface area contributed by atoms with Gasteiger partial charge in [-0.25, -0.2) is 13.4 Å². The lowest BCUT2D eigenvalue weighted by Gasteiger charge is -2.38. The second kappa shape index (κ2) is 7.28. The number of carbonyl (C=O) groups excluding carboxylic acids is 1. The number of nitrogens with zero attached hydrogens (tertiary/aromatic N) is 3. The van der Waals surface area contributed by atoms with Gasteiger partial charge in [0.15, 0.2) is 0 Å². The highest BCUT2D eigenvalue weighted by atomic mass is 32.2. The number of hydrogen-bond donors (Lipinski definition) is 0. The molecular formula is C17H13F2N3O4S. The Balaban J connectivity index is 1.70. The van der Waals surface area contributed by atoms with E-state index < -0.39 is 32.5 Å². The third kappa shape index (κ3) is 3.73. The normalized spacial score (nSPS) is 14.5. The molecule has 3 rings (SSSR count). The van der Waals surface area contributed by atoms with E-state index in [0.29, 0.717) is 5.56 Å². The van der Waals surface area contributed by atoms with Gasteiger partial charge < -0.3 is 9.64 Å². The lowest BCUT2D eigenvalue weighted by molar-refractivity contribution is 0.0157. The Hall–Kier alpha value is -3.06. The van der Waals surface area contributed by atoms with Crippen molar-refractivity contribution in [3.8, 4) is 11.9 Å². The van der Waals surface area contributed by atoms with Gasteiger partial charge in [0, 0.05) is 12.3 Å². The molecule has 7 nitrogen and oxygen atoms in total. The van der Waals surface area contributed by atoms with Crippen molar-refractivity contribution in [1.29, 1.82) is 5.26 Å². The van der Waals surface area contributed by atoms with Crippen molar-refractivity contribution in [2.75, 3.05) is 13.1 Å². The summed E-state index contributed by atoms with van der Waals surface area (Å²) < 4.78 is 54.8. The lowest BCUT2D eigenvalue weighted by atomic mass is 10.1. The van der Waals surface area contributed by atoms with Gasteiger partial charge in [0.1, 0.15) is 6.10 Å². The van der Waals surface area contributed by atoms with Gasteiger partial charge in [0.05, 0.1) is 35.2 Å². The molecule has 1 fully saturated rings. The number of halogens is 2. The van der Waals surface area contributed by atoms with E-state index in [9.17, 15) is 22.0 Å². The van der Waals surface area contributed by atoms with Crippen LogP contribution in [0, 0.1) is 11.3 Å². The molecule has 27 heavy (non-hydrogen) atoms. The zero-order valence-electron chi connectivity index (χ0n) is 13.7. The number of pyridine rings is 1. The van der Waals surface area contributed by atoms with Crippen LogP contribution in [0.1, 0.15) is 15.9 Å². The van der Waals surface area contributed by atoms with Crippen molar-refractivity contribution in [3.05, 3.63) is 53.7 Å². The quantitative estimate of drug-likeness (QED) is 0.769. The summed E-state index contributed by atoms with van der Waals surface area (Å²) in [6.07, 6.45) is 1.02. The maximum Gasteiger partial charge on any atom is 0.341 e. The van der Waals surface area contributed by atoms with E-state index in [2.05, 4.69) is 4.98 Å². The Labute approximate surface area is 153 Å². The van der Waals surface area contributed by atoms with Crippen LogP contribution in [0.3, 0.4) is 0 Å². The van der Waals surface area contributed by atoms with Crippen LogP contribution < -0.4 is 4.74 Å². The number of rotatable bonds is 5. The monoisotopic (exact) mass is 393 g/mol. The van der Waals surface area contributed by atoms with Gasteiger partial charge in [-0.2, -0.15) is 14.0 Å². The highest BCUT2D eigenvalue weighted by molar-refractivity contribution is 7.91. The Bertz CT molecular complexity index is 1010. The fourth-order valence-corrected chi connectivity index (χ4v) is 3.47. The number of likely N-dealkylation sites (tertiary alicyclic amines) is 1. The Morgan fingerprint density at radius 2 is 2.00 bits per heavy atom. The van der Waals surface area contributed by atoms with Gasteiger partial charge >= 0.3 is 5.76 Å². The van der Waals surface area contributed by atoms with E-state index in [1.807, 2.05) is 6.07 Å². The molecule has 0 spiro atoms. The third-order valence-corrected chi connectivity index (χ3v) is 5.38. The maximum atomic E-state index is 12.8. The van der Waals surface area contributed by atoms with Crippen LogP contribution in [0.15, 0.2) is 47.5 Å². The van der Waals surface area contributed by atoms with Gasteiger partial charge in [0.25, 0.3) is 5.91 Å².